The molecule has 5 rings (SSSR count). The van der Waals surface area contributed by atoms with Crippen molar-refractivity contribution in [1.29, 1.82) is 0 Å². The van der Waals surface area contributed by atoms with E-state index in [1.54, 1.807) is 23.1 Å². The average Bonchev–Trinajstić information content (AvgIpc) is 2.74. The molecule has 29 heavy (non-hydrogen) atoms. The lowest BCUT2D eigenvalue weighted by atomic mass is 10.0. The Balaban J connectivity index is 1.79. The quantitative estimate of drug-likeness (QED) is 0.383. The molecule has 5 heteroatoms. The zero-order chi connectivity index (χ0) is 20.0. The second kappa shape index (κ2) is 7.11. The van der Waals surface area contributed by atoms with Gasteiger partial charge in [0, 0.05) is 26.7 Å². The number of anilines is 2. The van der Waals surface area contributed by atoms with Crippen LogP contribution in [0.1, 0.15) is 22.1 Å². The Morgan fingerprint density at radius 2 is 1.41 bits per heavy atom. The van der Waals surface area contributed by atoms with E-state index < -0.39 is 6.17 Å². The van der Waals surface area contributed by atoms with Gasteiger partial charge in [-0.15, -0.1) is 0 Å². The summed E-state index contributed by atoms with van der Waals surface area (Å²) in [6.07, 6.45) is -0.538. The second-order valence-electron chi connectivity index (χ2n) is 6.90. The Labute approximate surface area is 178 Å². The number of rotatable bonds is 2. The van der Waals surface area contributed by atoms with Gasteiger partial charge in [-0.25, -0.2) is 0 Å². The van der Waals surface area contributed by atoms with Crippen LogP contribution in [0, 0.1) is 0 Å². The fourth-order valence-electron chi connectivity index (χ4n) is 3.89. The number of hydrogen-bond donors (Lipinski definition) is 1. The summed E-state index contributed by atoms with van der Waals surface area (Å²) in [4.78, 5) is 15.4. The minimum absolute atomic E-state index is 0.100. The molecular weight excluding hydrogens is 403 g/mol. The van der Waals surface area contributed by atoms with Crippen molar-refractivity contribution in [3.05, 3.63) is 106 Å². The number of hydrogen-bond acceptors (Lipinski definition) is 2. The molecule has 0 saturated heterocycles. The third-order valence-corrected chi connectivity index (χ3v) is 5.89. The lowest BCUT2D eigenvalue weighted by Crippen LogP contribution is -2.43. The van der Waals surface area contributed by atoms with Crippen LogP contribution in [0.4, 0.5) is 11.4 Å². The number of nitrogens with zero attached hydrogens (tertiary/aromatic N) is 1. The molecule has 4 aromatic rings. The van der Waals surface area contributed by atoms with Crippen molar-refractivity contribution < 1.29 is 4.79 Å². The second-order valence-corrected chi connectivity index (χ2v) is 7.72. The number of halogens is 2. The number of benzene rings is 4. The molecule has 0 saturated carbocycles. The Morgan fingerprint density at radius 1 is 0.759 bits per heavy atom. The summed E-state index contributed by atoms with van der Waals surface area (Å²) < 4.78 is 0. The number of carbonyl (C=O) groups excluding carboxylic acids is 1. The molecule has 142 valence electrons. The van der Waals surface area contributed by atoms with Crippen molar-refractivity contribution in [2.24, 2.45) is 0 Å². The molecule has 1 N–H and O–H groups in total. The Kier molecular flexibility index (Phi) is 4.42. The predicted molar refractivity (Wildman–Crippen MR) is 120 cm³/mol. The van der Waals surface area contributed by atoms with E-state index in [2.05, 4.69) is 5.32 Å². The highest BCUT2D eigenvalue weighted by Crippen LogP contribution is 2.43. The van der Waals surface area contributed by atoms with E-state index in [9.17, 15) is 4.79 Å². The average molecular weight is 419 g/mol. The molecule has 3 nitrogen and oxygen atoms in total. The van der Waals surface area contributed by atoms with E-state index >= 15 is 0 Å². The van der Waals surface area contributed by atoms with Crippen LogP contribution >= 0.6 is 23.2 Å². The summed E-state index contributed by atoms with van der Waals surface area (Å²) in [5, 5.41) is 6.53. The van der Waals surface area contributed by atoms with Gasteiger partial charge in [-0.05, 0) is 35.7 Å². The number of carbonyl (C=O) groups is 1. The lowest BCUT2D eigenvalue weighted by Gasteiger charge is -2.39. The summed E-state index contributed by atoms with van der Waals surface area (Å²) in [6, 6.07) is 26.8. The zero-order valence-electron chi connectivity index (χ0n) is 15.3. The smallest absolute Gasteiger partial charge is 0.262 e. The lowest BCUT2D eigenvalue weighted by molar-refractivity contribution is 0.0975. The highest BCUT2D eigenvalue weighted by molar-refractivity contribution is 6.36. The topological polar surface area (TPSA) is 32.3 Å². The molecule has 1 unspecified atom stereocenters. The fourth-order valence-corrected chi connectivity index (χ4v) is 4.50. The van der Waals surface area contributed by atoms with Crippen LogP contribution in [0.25, 0.3) is 10.8 Å². The third-order valence-electron chi connectivity index (χ3n) is 5.23. The zero-order valence-corrected chi connectivity index (χ0v) is 16.8. The number of para-hydroxylation sites is 1. The molecule has 0 aromatic heterocycles. The van der Waals surface area contributed by atoms with E-state index in [0.717, 1.165) is 22.1 Å². The standard InChI is InChI=1S/C24H16Cl2N2O/c25-18-11-6-12-19(26)22(18)23-27-20-13-4-3-10-17(20)24(29)28(23)21-14-5-8-15-7-1-2-9-16(15)21/h1-14,23,27H. The minimum atomic E-state index is -0.538. The SMILES string of the molecule is O=C1c2ccccc2NC(c2c(Cl)cccc2Cl)N1c1cccc2ccccc12. The number of fused-ring (bicyclic) bond motifs is 2. The van der Waals surface area contributed by atoms with Gasteiger partial charge < -0.3 is 5.32 Å². The summed E-state index contributed by atoms with van der Waals surface area (Å²) in [5.41, 5.74) is 2.84. The Morgan fingerprint density at radius 3 is 2.24 bits per heavy atom. The van der Waals surface area contributed by atoms with Crippen LogP contribution in [0.5, 0.6) is 0 Å². The molecule has 1 atom stereocenters. The molecule has 1 heterocycles. The Bertz CT molecular complexity index is 1230. The maximum absolute atomic E-state index is 13.7. The predicted octanol–water partition coefficient (Wildman–Crippen LogP) is 6.92. The van der Waals surface area contributed by atoms with E-state index in [1.165, 1.54) is 0 Å². The van der Waals surface area contributed by atoms with Gasteiger partial charge in [0.2, 0.25) is 0 Å². The van der Waals surface area contributed by atoms with Gasteiger partial charge in [-0.1, -0.05) is 77.8 Å². The molecule has 0 spiro atoms. The summed E-state index contributed by atoms with van der Waals surface area (Å²) in [6.45, 7) is 0. The van der Waals surface area contributed by atoms with Crippen LogP contribution < -0.4 is 10.2 Å². The summed E-state index contributed by atoms with van der Waals surface area (Å²) >= 11 is 13.1. The maximum atomic E-state index is 13.7. The molecule has 0 aliphatic carbocycles. The minimum Gasteiger partial charge on any atom is -0.360 e. The third kappa shape index (κ3) is 2.94. The monoisotopic (exact) mass is 418 g/mol. The van der Waals surface area contributed by atoms with Gasteiger partial charge >= 0.3 is 0 Å². The van der Waals surface area contributed by atoms with Crippen LogP contribution in [-0.2, 0) is 0 Å². The van der Waals surface area contributed by atoms with Gasteiger partial charge in [0.05, 0.1) is 11.3 Å². The van der Waals surface area contributed by atoms with E-state index in [4.69, 9.17) is 23.2 Å². The largest absolute Gasteiger partial charge is 0.360 e. The summed E-state index contributed by atoms with van der Waals surface area (Å²) in [5.74, 6) is -0.100. The van der Waals surface area contributed by atoms with Gasteiger partial charge in [-0.2, -0.15) is 0 Å². The molecule has 0 fully saturated rings. The molecule has 0 bridgehead atoms. The van der Waals surface area contributed by atoms with Gasteiger partial charge in [0.1, 0.15) is 6.17 Å². The fraction of sp³-hybridized carbons (Fsp3) is 0.0417. The first-order valence-electron chi connectivity index (χ1n) is 9.26. The first-order chi connectivity index (χ1) is 14.1. The maximum Gasteiger partial charge on any atom is 0.262 e. The molecule has 0 radical (unpaired) electrons. The van der Waals surface area contributed by atoms with Crippen molar-refractivity contribution in [3.63, 3.8) is 0 Å². The van der Waals surface area contributed by atoms with Gasteiger partial charge in [0.25, 0.3) is 5.91 Å². The first-order valence-corrected chi connectivity index (χ1v) is 10.0. The molecule has 1 aliphatic heterocycles. The van der Waals surface area contributed by atoms with Gasteiger partial charge in [-0.3, -0.25) is 9.69 Å². The first kappa shape index (κ1) is 18.0. The van der Waals surface area contributed by atoms with E-state index in [0.29, 0.717) is 21.2 Å². The Hall–Kier alpha value is -3.01. The van der Waals surface area contributed by atoms with Crippen molar-refractivity contribution in [2.75, 3.05) is 10.2 Å². The van der Waals surface area contributed by atoms with Crippen molar-refractivity contribution >= 4 is 51.3 Å². The van der Waals surface area contributed by atoms with Crippen molar-refractivity contribution in [3.8, 4) is 0 Å². The van der Waals surface area contributed by atoms with E-state index in [1.807, 2.05) is 66.7 Å². The summed E-state index contributed by atoms with van der Waals surface area (Å²) in [7, 11) is 0. The number of nitrogens with one attached hydrogen (secondary N) is 1. The highest BCUT2D eigenvalue weighted by Gasteiger charge is 2.36. The number of amides is 1. The van der Waals surface area contributed by atoms with Crippen LogP contribution in [0.15, 0.2) is 84.9 Å². The van der Waals surface area contributed by atoms with Crippen LogP contribution in [0.2, 0.25) is 10.0 Å². The molecule has 1 amide bonds. The van der Waals surface area contributed by atoms with Gasteiger partial charge in [0.15, 0.2) is 0 Å². The molecular formula is C24H16Cl2N2O. The van der Waals surface area contributed by atoms with Crippen molar-refractivity contribution in [2.45, 2.75) is 6.17 Å². The molecule has 1 aliphatic rings. The highest BCUT2D eigenvalue weighted by atomic mass is 35.5. The molecule has 4 aromatic carbocycles. The van der Waals surface area contributed by atoms with E-state index in [-0.39, 0.29) is 5.91 Å². The normalized spacial score (nSPS) is 15.9. The van der Waals surface area contributed by atoms with Crippen LogP contribution in [-0.4, -0.2) is 5.91 Å². The van der Waals surface area contributed by atoms with Crippen molar-refractivity contribution in [1.82, 2.24) is 0 Å². The van der Waals surface area contributed by atoms with Crippen LogP contribution in [0.3, 0.4) is 0 Å².